The van der Waals surface area contributed by atoms with Crippen LogP contribution in [0.25, 0.3) is 10.9 Å². The van der Waals surface area contributed by atoms with Gasteiger partial charge in [0.05, 0.1) is 19.7 Å². The van der Waals surface area contributed by atoms with E-state index in [1.54, 1.807) is 20.3 Å². The molecule has 0 spiro atoms. The minimum atomic E-state index is 0.226. The number of nitrogens with zero attached hydrogens (tertiary/aromatic N) is 3. The van der Waals surface area contributed by atoms with Crippen molar-refractivity contribution in [3.05, 3.63) is 12.1 Å². The molecule has 1 aromatic carbocycles. The second kappa shape index (κ2) is 6.45. The van der Waals surface area contributed by atoms with E-state index >= 15 is 0 Å². The highest BCUT2D eigenvalue weighted by atomic mass is 16.5. The summed E-state index contributed by atoms with van der Waals surface area (Å²) >= 11 is 0. The third-order valence-corrected chi connectivity index (χ3v) is 3.26. The average Bonchev–Trinajstić information content (AvgIpc) is 2.50. The van der Waals surface area contributed by atoms with E-state index in [0.29, 0.717) is 18.0 Å². The highest BCUT2D eigenvalue weighted by Gasteiger charge is 2.14. The number of ether oxygens (including phenoxy) is 2. The first-order chi connectivity index (χ1) is 10.1. The minimum absolute atomic E-state index is 0.226. The van der Waals surface area contributed by atoms with Crippen molar-refractivity contribution in [1.82, 2.24) is 9.97 Å². The van der Waals surface area contributed by atoms with Crippen LogP contribution in [0.1, 0.15) is 6.42 Å². The summed E-state index contributed by atoms with van der Waals surface area (Å²) < 4.78 is 10.6. The maximum atomic E-state index is 5.81. The lowest BCUT2D eigenvalue weighted by molar-refractivity contribution is 0.356. The lowest BCUT2D eigenvalue weighted by Crippen LogP contribution is -2.22. The van der Waals surface area contributed by atoms with Gasteiger partial charge in [0.1, 0.15) is 5.82 Å². The smallest absolute Gasteiger partial charge is 0.222 e. The van der Waals surface area contributed by atoms with E-state index < -0.39 is 0 Å². The molecule has 0 bridgehead atoms. The van der Waals surface area contributed by atoms with Crippen molar-refractivity contribution < 1.29 is 9.47 Å². The Labute approximate surface area is 123 Å². The SMILES string of the molecule is COc1cc2nc(N)nc(N(C)CCCN)c2cc1OC. The van der Waals surface area contributed by atoms with Crippen molar-refractivity contribution in [1.29, 1.82) is 0 Å². The zero-order valence-corrected chi connectivity index (χ0v) is 12.6. The van der Waals surface area contributed by atoms with Crippen LogP contribution in [0.3, 0.4) is 0 Å². The molecule has 0 fully saturated rings. The Hall–Kier alpha value is -2.28. The van der Waals surface area contributed by atoms with Gasteiger partial charge in [-0.3, -0.25) is 0 Å². The van der Waals surface area contributed by atoms with Crippen molar-refractivity contribution in [3.8, 4) is 11.5 Å². The molecule has 2 rings (SSSR count). The van der Waals surface area contributed by atoms with Crippen LogP contribution < -0.4 is 25.8 Å². The normalized spacial score (nSPS) is 10.7. The van der Waals surface area contributed by atoms with Crippen molar-refractivity contribution >= 4 is 22.7 Å². The third kappa shape index (κ3) is 3.08. The fourth-order valence-electron chi connectivity index (χ4n) is 2.18. The van der Waals surface area contributed by atoms with Gasteiger partial charge in [0, 0.05) is 25.0 Å². The molecule has 0 atom stereocenters. The zero-order valence-electron chi connectivity index (χ0n) is 12.6. The van der Waals surface area contributed by atoms with Gasteiger partial charge in [-0.15, -0.1) is 0 Å². The van der Waals surface area contributed by atoms with Gasteiger partial charge in [0.15, 0.2) is 11.5 Å². The quantitative estimate of drug-likeness (QED) is 0.819. The van der Waals surface area contributed by atoms with Gasteiger partial charge in [0.25, 0.3) is 0 Å². The standard InChI is InChI=1S/C14H21N5O2/c1-19(6-4-5-15)13-9-7-11(20-2)12(21-3)8-10(9)17-14(16)18-13/h7-8H,4-6,15H2,1-3H3,(H2,16,17,18). The summed E-state index contributed by atoms with van der Waals surface area (Å²) in [6, 6.07) is 3.66. The Bertz CT molecular complexity index is 632. The van der Waals surface area contributed by atoms with Crippen molar-refractivity contribution in [2.24, 2.45) is 5.73 Å². The number of fused-ring (bicyclic) bond motifs is 1. The Morgan fingerprint density at radius 3 is 2.43 bits per heavy atom. The maximum absolute atomic E-state index is 5.81. The molecule has 0 aliphatic carbocycles. The number of aromatic nitrogens is 2. The Morgan fingerprint density at radius 1 is 1.14 bits per heavy atom. The summed E-state index contributed by atoms with van der Waals surface area (Å²) in [6.07, 6.45) is 0.870. The lowest BCUT2D eigenvalue weighted by Gasteiger charge is -2.20. The second-order valence-corrected chi connectivity index (χ2v) is 4.69. The average molecular weight is 291 g/mol. The maximum Gasteiger partial charge on any atom is 0.222 e. The van der Waals surface area contributed by atoms with Crippen LogP contribution in [0.4, 0.5) is 11.8 Å². The molecular weight excluding hydrogens is 270 g/mol. The molecule has 0 amide bonds. The van der Waals surface area contributed by atoms with E-state index in [2.05, 4.69) is 9.97 Å². The molecular formula is C14H21N5O2. The monoisotopic (exact) mass is 291 g/mol. The van der Waals surface area contributed by atoms with Crippen molar-refractivity contribution in [2.45, 2.75) is 6.42 Å². The number of hydrogen-bond acceptors (Lipinski definition) is 7. The zero-order chi connectivity index (χ0) is 15.4. The summed E-state index contributed by atoms with van der Waals surface area (Å²) in [5, 5.41) is 0.862. The van der Waals surface area contributed by atoms with Gasteiger partial charge in [-0.05, 0) is 19.0 Å². The first-order valence-corrected chi connectivity index (χ1v) is 6.71. The van der Waals surface area contributed by atoms with Crippen molar-refractivity contribution in [2.75, 3.05) is 45.0 Å². The molecule has 0 aliphatic rings. The number of benzene rings is 1. The van der Waals surface area contributed by atoms with E-state index in [4.69, 9.17) is 20.9 Å². The number of methoxy groups -OCH3 is 2. The molecule has 4 N–H and O–H groups in total. The van der Waals surface area contributed by atoms with E-state index in [1.807, 2.05) is 18.0 Å². The fraction of sp³-hybridized carbons (Fsp3) is 0.429. The predicted octanol–water partition coefficient (Wildman–Crippen LogP) is 1.01. The third-order valence-electron chi connectivity index (χ3n) is 3.26. The van der Waals surface area contributed by atoms with Crippen LogP contribution in [0.15, 0.2) is 12.1 Å². The van der Waals surface area contributed by atoms with Crippen LogP contribution in [0, 0.1) is 0 Å². The summed E-state index contributed by atoms with van der Waals surface area (Å²) in [7, 11) is 5.13. The Morgan fingerprint density at radius 2 is 1.81 bits per heavy atom. The van der Waals surface area contributed by atoms with Crippen LogP contribution in [0.2, 0.25) is 0 Å². The topological polar surface area (TPSA) is 99.5 Å². The fourth-order valence-corrected chi connectivity index (χ4v) is 2.18. The summed E-state index contributed by atoms with van der Waals surface area (Å²) in [5.74, 6) is 2.22. The molecule has 1 heterocycles. The van der Waals surface area contributed by atoms with Crippen LogP contribution >= 0.6 is 0 Å². The molecule has 2 aromatic rings. The highest BCUT2D eigenvalue weighted by molar-refractivity contribution is 5.93. The molecule has 7 heteroatoms. The second-order valence-electron chi connectivity index (χ2n) is 4.69. The predicted molar refractivity (Wildman–Crippen MR) is 84.0 cm³/mol. The molecule has 1 aromatic heterocycles. The molecule has 0 saturated heterocycles. The number of anilines is 2. The number of hydrogen-bond donors (Lipinski definition) is 2. The van der Waals surface area contributed by atoms with Gasteiger partial charge < -0.3 is 25.8 Å². The largest absolute Gasteiger partial charge is 0.493 e. The highest BCUT2D eigenvalue weighted by Crippen LogP contribution is 2.35. The first-order valence-electron chi connectivity index (χ1n) is 6.71. The molecule has 0 radical (unpaired) electrons. The number of nitrogen functional groups attached to an aromatic ring is 1. The number of nitrogens with two attached hydrogens (primary N) is 2. The van der Waals surface area contributed by atoms with E-state index in [0.717, 1.165) is 29.7 Å². The van der Waals surface area contributed by atoms with Gasteiger partial charge in [-0.25, -0.2) is 4.98 Å². The van der Waals surface area contributed by atoms with Gasteiger partial charge >= 0.3 is 0 Å². The molecule has 114 valence electrons. The van der Waals surface area contributed by atoms with E-state index in [9.17, 15) is 0 Å². The lowest BCUT2D eigenvalue weighted by atomic mass is 10.2. The molecule has 21 heavy (non-hydrogen) atoms. The molecule has 0 saturated carbocycles. The molecule has 0 unspecified atom stereocenters. The molecule has 0 aliphatic heterocycles. The minimum Gasteiger partial charge on any atom is -0.493 e. The van der Waals surface area contributed by atoms with Crippen LogP contribution in [-0.2, 0) is 0 Å². The van der Waals surface area contributed by atoms with E-state index in [1.165, 1.54) is 0 Å². The Balaban J connectivity index is 2.58. The summed E-state index contributed by atoms with van der Waals surface area (Å²) in [4.78, 5) is 10.6. The number of rotatable bonds is 6. The first kappa shape index (κ1) is 15.1. The van der Waals surface area contributed by atoms with Gasteiger partial charge in [-0.2, -0.15) is 4.98 Å². The van der Waals surface area contributed by atoms with Crippen molar-refractivity contribution in [3.63, 3.8) is 0 Å². The summed E-state index contributed by atoms with van der Waals surface area (Å²) in [6.45, 7) is 1.41. The van der Waals surface area contributed by atoms with Crippen LogP contribution in [-0.4, -0.2) is 44.3 Å². The van der Waals surface area contributed by atoms with Crippen LogP contribution in [0.5, 0.6) is 11.5 Å². The van der Waals surface area contributed by atoms with E-state index in [-0.39, 0.29) is 5.95 Å². The Kier molecular flexibility index (Phi) is 4.64. The van der Waals surface area contributed by atoms with Gasteiger partial charge in [-0.1, -0.05) is 0 Å². The molecule has 7 nitrogen and oxygen atoms in total. The van der Waals surface area contributed by atoms with Gasteiger partial charge in [0.2, 0.25) is 5.95 Å². The summed E-state index contributed by atoms with van der Waals surface area (Å²) in [5.41, 5.74) is 12.1.